The first kappa shape index (κ1) is 20.5. The van der Waals surface area contributed by atoms with E-state index in [1.165, 1.54) is 0 Å². The average molecular weight is 405 g/mol. The lowest BCUT2D eigenvalue weighted by molar-refractivity contribution is 0.0695. The second-order valence-corrected chi connectivity index (χ2v) is 7.70. The highest BCUT2D eigenvalue weighted by atomic mass is 16.4. The molecule has 30 heavy (non-hydrogen) atoms. The van der Waals surface area contributed by atoms with Gasteiger partial charge in [-0.2, -0.15) is 0 Å². The van der Waals surface area contributed by atoms with Crippen LogP contribution in [-0.2, 0) is 6.54 Å². The van der Waals surface area contributed by atoms with Gasteiger partial charge in [-0.25, -0.2) is 9.78 Å². The van der Waals surface area contributed by atoms with Crippen LogP contribution in [-0.4, -0.2) is 70.3 Å². The zero-order chi connectivity index (χ0) is 20.9. The molecule has 4 rings (SSSR count). The maximum atomic E-state index is 12.4. The summed E-state index contributed by atoms with van der Waals surface area (Å²) in [6.07, 6.45) is 0.788. The van der Waals surface area contributed by atoms with Crippen molar-refractivity contribution < 1.29 is 15.0 Å². The molecule has 0 bridgehead atoms. The van der Waals surface area contributed by atoms with Crippen LogP contribution in [0.3, 0.4) is 0 Å². The largest absolute Gasteiger partial charge is 0.478 e. The van der Waals surface area contributed by atoms with Crippen molar-refractivity contribution in [1.29, 1.82) is 0 Å². The van der Waals surface area contributed by atoms with E-state index < -0.39 is 5.97 Å². The fourth-order valence-corrected chi connectivity index (χ4v) is 4.17. The van der Waals surface area contributed by atoms with Crippen LogP contribution in [0.5, 0.6) is 0 Å². The second-order valence-electron chi connectivity index (χ2n) is 7.70. The number of benzene rings is 2. The van der Waals surface area contributed by atoms with Crippen LogP contribution < -0.4 is 0 Å². The van der Waals surface area contributed by atoms with Gasteiger partial charge in [-0.15, -0.1) is 0 Å². The first-order chi connectivity index (χ1) is 14.7. The lowest BCUT2D eigenvalue weighted by Gasteiger charge is -2.35. The Kier molecular flexibility index (Phi) is 6.38. The number of aliphatic hydroxyl groups is 1. The molecule has 1 aliphatic heterocycles. The van der Waals surface area contributed by atoms with Crippen molar-refractivity contribution in [1.82, 2.24) is 14.8 Å². The van der Waals surface area contributed by atoms with Gasteiger partial charge in [0.1, 0.15) is 0 Å². The molecular weight excluding hydrogens is 378 g/mol. The van der Waals surface area contributed by atoms with Crippen LogP contribution in [0.1, 0.15) is 22.3 Å². The van der Waals surface area contributed by atoms with E-state index in [4.69, 9.17) is 10.1 Å². The molecule has 0 atom stereocenters. The molecule has 2 aromatic carbocycles. The van der Waals surface area contributed by atoms with Gasteiger partial charge in [0.05, 0.1) is 16.8 Å². The van der Waals surface area contributed by atoms with E-state index in [-0.39, 0.29) is 6.61 Å². The summed E-state index contributed by atoms with van der Waals surface area (Å²) in [5, 5.41) is 19.9. The number of pyridine rings is 1. The zero-order valence-electron chi connectivity index (χ0n) is 17.0. The van der Waals surface area contributed by atoms with Gasteiger partial charge < -0.3 is 15.1 Å². The van der Waals surface area contributed by atoms with Gasteiger partial charge >= 0.3 is 5.97 Å². The van der Waals surface area contributed by atoms with E-state index in [2.05, 4.69) is 9.80 Å². The lowest BCUT2D eigenvalue weighted by atomic mass is 9.96. The molecular formula is C24H27N3O3. The van der Waals surface area contributed by atoms with Crippen LogP contribution in [0.4, 0.5) is 0 Å². The minimum atomic E-state index is -0.914. The molecule has 0 spiro atoms. The highest BCUT2D eigenvalue weighted by Crippen LogP contribution is 2.31. The van der Waals surface area contributed by atoms with Gasteiger partial charge in [-0.3, -0.25) is 4.90 Å². The van der Waals surface area contributed by atoms with E-state index in [1.54, 1.807) is 0 Å². The summed E-state index contributed by atoms with van der Waals surface area (Å²) in [5.41, 5.74) is 3.50. The zero-order valence-corrected chi connectivity index (χ0v) is 17.0. The number of nitrogens with zero attached hydrogens (tertiary/aromatic N) is 3. The summed E-state index contributed by atoms with van der Waals surface area (Å²) < 4.78 is 0. The number of rotatable bonds is 7. The van der Waals surface area contributed by atoms with Crippen LogP contribution >= 0.6 is 0 Å². The molecule has 3 aromatic rings. The van der Waals surface area contributed by atoms with Gasteiger partial charge in [0.2, 0.25) is 0 Å². The van der Waals surface area contributed by atoms with Crippen LogP contribution in [0.2, 0.25) is 0 Å². The molecule has 0 unspecified atom stereocenters. The number of carboxylic acids is 1. The van der Waals surface area contributed by atoms with Crippen molar-refractivity contribution in [3.8, 4) is 11.3 Å². The minimum Gasteiger partial charge on any atom is -0.478 e. The SMILES string of the molecule is O=C(O)c1c(CN2CCN(CCCO)CC2)c(-c2ccccc2)nc2ccccc12. The highest BCUT2D eigenvalue weighted by molar-refractivity contribution is 6.05. The Hall–Kier alpha value is -2.80. The number of aliphatic hydroxyl groups excluding tert-OH is 1. The van der Waals surface area contributed by atoms with Crippen molar-refractivity contribution in [2.75, 3.05) is 39.3 Å². The first-order valence-corrected chi connectivity index (χ1v) is 10.4. The van der Waals surface area contributed by atoms with Crippen molar-refractivity contribution in [2.45, 2.75) is 13.0 Å². The van der Waals surface area contributed by atoms with Crippen molar-refractivity contribution in [3.05, 3.63) is 65.7 Å². The topological polar surface area (TPSA) is 76.9 Å². The van der Waals surface area contributed by atoms with Gasteiger partial charge in [0.25, 0.3) is 0 Å². The smallest absolute Gasteiger partial charge is 0.336 e. The Morgan fingerprint density at radius 2 is 1.60 bits per heavy atom. The quantitative estimate of drug-likeness (QED) is 0.629. The number of aromatic nitrogens is 1. The van der Waals surface area contributed by atoms with Crippen molar-refractivity contribution >= 4 is 16.9 Å². The number of aromatic carboxylic acids is 1. The summed E-state index contributed by atoms with van der Waals surface area (Å²) in [7, 11) is 0. The molecule has 6 nitrogen and oxygen atoms in total. The first-order valence-electron chi connectivity index (χ1n) is 10.4. The summed E-state index contributed by atoms with van der Waals surface area (Å²) in [5.74, 6) is -0.914. The Balaban J connectivity index is 1.72. The summed E-state index contributed by atoms with van der Waals surface area (Å²) in [4.78, 5) is 21.9. The molecule has 156 valence electrons. The molecule has 2 N–H and O–H groups in total. The van der Waals surface area contributed by atoms with Gasteiger partial charge in [0, 0.05) is 62.4 Å². The van der Waals surface area contributed by atoms with E-state index in [0.29, 0.717) is 23.0 Å². The van der Waals surface area contributed by atoms with Gasteiger partial charge in [-0.1, -0.05) is 48.5 Å². The summed E-state index contributed by atoms with van der Waals surface area (Å²) >= 11 is 0. The molecule has 1 aliphatic rings. The normalized spacial score (nSPS) is 15.5. The maximum absolute atomic E-state index is 12.4. The predicted molar refractivity (Wildman–Crippen MR) is 118 cm³/mol. The molecule has 1 saturated heterocycles. The maximum Gasteiger partial charge on any atom is 0.336 e. The number of carbonyl (C=O) groups is 1. The molecule has 0 radical (unpaired) electrons. The summed E-state index contributed by atoms with van der Waals surface area (Å²) in [6.45, 7) is 5.24. The second kappa shape index (κ2) is 9.34. The third kappa shape index (κ3) is 4.36. The van der Waals surface area contributed by atoms with Crippen molar-refractivity contribution in [3.63, 3.8) is 0 Å². The Labute approximate surface area is 176 Å². The highest BCUT2D eigenvalue weighted by Gasteiger charge is 2.24. The number of fused-ring (bicyclic) bond motifs is 1. The number of hydrogen-bond acceptors (Lipinski definition) is 5. The molecule has 0 aliphatic carbocycles. The summed E-state index contributed by atoms with van der Waals surface area (Å²) in [6, 6.07) is 17.3. The van der Waals surface area contributed by atoms with E-state index in [1.807, 2.05) is 54.6 Å². The molecule has 2 heterocycles. The Morgan fingerprint density at radius 1 is 0.933 bits per heavy atom. The third-order valence-electron chi connectivity index (χ3n) is 5.73. The monoisotopic (exact) mass is 405 g/mol. The average Bonchev–Trinajstić information content (AvgIpc) is 2.78. The third-order valence-corrected chi connectivity index (χ3v) is 5.73. The van der Waals surface area contributed by atoms with Crippen molar-refractivity contribution in [2.24, 2.45) is 0 Å². The Morgan fingerprint density at radius 3 is 2.30 bits per heavy atom. The lowest BCUT2D eigenvalue weighted by Crippen LogP contribution is -2.46. The van der Waals surface area contributed by atoms with Crippen LogP contribution in [0, 0.1) is 0 Å². The Bertz CT molecular complexity index is 1010. The van der Waals surface area contributed by atoms with Crippen LogP contribution in [0.15, 0.2) is 54.6 Å². The number of para-hydroxylation sites is 1. The standard InChI is InChI=1S/C24H27N3O3/c28-16-6-11-26-12-14-27(15-13-26)17-20-22(24(29)30)19-9-4-5-10-21(19)25-23(20)18-7-2-1-3-8-18/h1-5,7-10,28H,6,11-17H2,(H,29,30). The van der Waals surface area contributed by atoms with E-state index in [9.17, 15) is 9.90 Å². The van der Waals surface area contributed by atoms with Gasteiger partial charge in [0.15, 0.2) is 0 Å². The number of carboxylic acid groups (broad SMARTS) is 1. The van der Waals surface area contributed by atoms with Crippen LogP contribution in [0.25, 0.3) is 22.2 Å². The molecule has 0 amide bonds. The number of piperazine rings is 1. The van der Waals surface area contributed by atoms with E-state index >= 15 is 0 Å². The molecule has 1 fully saturated rings. The molecule has 0 saturated carbocycles. The number of hydrogen-bond donors (Lipinski definition) is 2. The fourth-order valence-electron chi connectivity index (χ4n) is 4.17. The fraction of sp³-hybridized carbons (Fsp3) is 0.333. The molecule has 6 heteroatoms. The van der Waals surface area contributed by atoms with E-state index in [0.717, 1.165) is 56.0 Å². The predicted octanol–water partition coefficient (Wildman–Crippen LogP) is 3.10. The minimum absolute atomic E-state index is 0.214. The molecule has 1 aromatic heterocycles. The van der Waals surface area contributed by atoms with Gasteiger partial charge in [-0.05, 0) is 12.5 Å².